The average Bonchev–Trinajstić information content (AvgIpc) is 3.16. The van der Waals surface area contributed by atoms with Gasteiger partial charge < -0.3 is 14.8 Å². The van der Waals surface area contributed by atoms with Crippen LogP contribution in [0.4, 0.5) is 4.79 Å². The van der Waals surface area contributed by atoms with E-state index in [0.717, 1.165) is 43.3 Å². The molecule has 1 aliphatic rings. The Morgan fingerprint density at radius 2 is 2.15 bits per heavy atom. The molecule has 8 heteroatoms. The van der Waals surface area contributed by atoms with Crippen molar-refractivity contribution in [3.05, 3.63) is 42.0 Å². The summed E-state index contributed by atoms with van der Waals surface area (Å²) in [5.74, 6) is 1.04. The van der Waals surface area contributed by atoms with Crippen molar-refractivity contribution >= 4 is 23.3 Å². The third-order valence-electron chi connectivity index (χ3n) is 6.12. The van der Waals surface area contributed by atoms with E-state index in [1.807, 2.05) is 18.5 Å². The van der Waals surface area contributed by atoms with E-state index in [1.54, 1.807) is 39.1 Å². The molecule has 2 atom stereocenters. The summed E-state index contributed by atoms with van der Waals surface area (Å²) in [5, 5.41) is 28.9. The van der Waals surface area contributed by atoms with Gasteiger partial charge in [-0.2, -0.15) is 5.26 Å². The number of nitriles is 1. The molecule has 3 rings (SSSR count). The molecule has 1 saturated carbocycles. The van der Waals surface area contributed by atoms with Gasteiger partial charge in [0.15, 0.2) is 0 Å². The lowest BCUT2D eigenvalue weighted by Gasteiger charge is -2.32. The van der Waals surface area contributed by atoms with Gasteiger partial charge in [0.25, 0.3) is 0 Å². The summed E-state index contributed by atoms with van der Waals surface area (Å²) in [6.45, 7) is 6.35. The van der Waals surface area contributed by atoms with Crippen molar-refractivity contribution in [1.29, 1.82) is 5.26 Å². The first kappa shape index (κ1) is 24.5. The molecular formula is C25H33N5O3. The van der Waals surface area contributed by atoms with Gasteiger partial charge in [-0.25, -0.2) is 14.8 Å². The Balaban J connectivity index is 1.67. The van der Waals surface area contributed by atoms with Crippen LogP contribution >= 0.6 is 0 Å². The Morgan fingerprint density at radius 1 is 1.39 bits per heavy atom. The van der Waals surface area contributed by atoms with Gasteiger partial charge in [-0.3, -0.25) is 4.90 Å². The number of hydrogen-bond donors (Lipinski definition) is 2. The zero-order valence-electron chi connectivity index (χ0n) is 19.6. The number of aliphatic imine (C=N–C) groups is 1. The number of aliphatic hydroxyl groups is 1. The summed E-state index contributed by atoms with van der Waals surface area (Å²) in [4.78, 5) is 22.1. The molecule has 176 valence electrons. The van der Waals surface area contributed by atoms with Crippen molar-refractivity contribution in [3.63, 3.8) is 0 Å². The molecule has 1 fully saturated rings. The maximum absolute atomic E-state index is 12.0. The minimum Gasteiger partial charge on any atom is -0.465 e. The van der Waals surface area contributed by atoms with Gasteiger partial charge in [0, 0.05) is 25.7 Å². The molecule has 8 nitrogen and oxygen atoms in total. The van der Waals surface area contributed by atoms with E-state index >= 15 is 0 Å². The highest BCUT2D eigenvalue weighted by Crippen LogP contribution is 2.32. The summed E-state index contributed by atoms with van der Waals surface area (Å²) >= 11 is 0. The van der Waals surface area contributed by atoms with Gasteiger partial charge in [-0.15, -0.1) is 0 Å². The van der Waals surface area contributed by atoms with Gasteiger partial charge in [0.1, 0.15) is 5.82 Å². The molecule has 2 N–H and O–H groups in total. The van der Waals surface area contributed by atoms with Crippen LogP contribution in [0.3, 0.4) is 0 Å². The molecule has 2 aromatic rings. The quantitative estimate of drug-likeness (QED) is 0.560. The van der Waals surface area contributed by atoms with Crippen LogP contribution in [0.1, 0.15) is 58.4 Å². The zero-order valence-corrected chi connectivity index (χ0v) is 19.6. The number of aromatic nitrogens is 2. The fourth-order valence-corrected chi connectivity index (χ4v) is 4.47. The van der Waals surface area contributed by atoms with E-state index in [1.165, 1.54) is 4.90 Å². The first-order valence-electron chi connectivity index (χ1n) is 11.5. The van der Waals surface area contributed by atoms with Crippen LogP contribution in [0, 0.1) is 23.2 Å². The van der Waals surface area contributed by atoms with Crippen molar-refractivity contribution in [1.82, 2.24) is 14.5 Å². The number of allylic oxidation sites excluding steroid dienone is 1. The molecule has 1 aliphatic carbocycles. The second-order valence-electron chi connectivity index (χ2n) is 9.48. The molecule has 0 unspecified atom stereocenters. The molecule has 1 amide bonds. The molecule has 1 heterocycles. The second kappa shape index (κ2) is 10.6. The normalized spacial score (nSPS) is 19.7. The number of imidazole rings is 1. The van der Waals surface area contributed by atoms with Gasteiger partial charge in [0.2, 0.25) is 0 Å². The second-order valence-corrected chi connectivity index (χ2v) is 9.48. The fraction of sp³-hybridized carbons (Fsp3) is 0.520. The van der Waals surface area contributed by atoms with Crippen molar-refractivity contribution in [2.24, 2.45) is 16.8 Å². The molecule has 33 heavy (non-hydrogen) atoms. The minimum absolute atomic E-state index is 0.240. The molecule has 0 saturated heterocycles. The summed E-state index contributed by atoms with van der Waals surface area (Å²) in [7, 11) is 0. The van der Waals surface area contributed by atoms with E-state index in [9.17, 15) is 20.3 Å². The largest absolute Gasteiger partial charge is 0.465 e. The van der Waals surface area contributed by atoms with E-state index < -0.39 is 11.7 Å². The van der Waals surface area contributed by atoms with Crippen molar-refractivity contribution < 1.29 is 15.0 Å². The Morgan fingerprint density at radius 3 is 2.82 bits per heavy atom. The van der Waals surface area contributed by atoms with Gasteiger partial charge in [-0.1, -0.05) is 6.42 Å². The molecule has 0 bridgehead atoms. The summed E-state index contributed by atoms with van der Waals surface area (Å²) in [5.41, 5.74) is 1.56. The predicted octanol–water partition coefficient (Wildman–Crippen LogP) is 4.79. The molecule has 1 aromatic heterocycles. The van der Waals surface area contributed by atoms with Crippen LogP contribution in [-0.2, 0) is 6.54 Å². The highest BCUT2D eigenvalue weighted by Gasteiger charge is 2.27. The first-order valence-corrected chi connectivity index (χ1v) is 11.5. The molecule has 0 radical (unpaired) electrons. The van der Waals surface area contributed by atoms with Crippen molar-refractivity contribution in [2.75, 3.05) is 6.54 Å². The number of rotatable bonds is 8. The number of benzene rings is 1. The van der Waals surface area contributed by atoms with E-state index in [4.69, 9.17) is 0 Å². The number of hydrogen-bond acceptors (Lipinski definition) is 5. The fourth-order valence-electron chi connectivity index (χ4n) is 4.47. The van der Waals surface area contributed by atoms with Crippen LogP contribution in [0.25, 0.3) is 11.0 Å². The van der Waals surface area contributed by atoms with Crippen LogP contribution in [0.5, 0.6) is 0 Å². The molecule has 0 spiro atoms. The van der Waals surface area contributed by atoms with Gasteiger partial charge in [-0.05, 0) is 76.1 Å². The third-order valence-corrected chi connectivity index (χ3v) is 6.12. The van der Waals surface area contributed by atoms with E-state index in [0.29, 0.717) is 30.3 Å². The topological polar surface area (TPSA) is 115 Å². The summed E-state index contributed by atoms with van der Waals surface area (Å²) in [6, 6.07) is 7.71. The number of fused-ring (bicyclic) bond motifs is 1. The van der Waals surface area contributed by atoms with Crippen molar-refractivity contribution in [2.45, 2.75) is 65.0 Å². The maximum atomic E-state index is 12.0. The Labute approximate surface area is 194 Å². The van der Waals surface area contributed by atoms with Crippen molar-refractivity contribution in [3.8, 4) is 6.07 Å². The zero-order chi connectivity index (χ0) is 24.0. The number of nitrogens with zero attached hydrogens (tertiary/aromatic N) is 5. The predicted molar refractivity (Wildman–Crippen MR) is 128 cm³/mol. The summed E-state index contributed by atoms with van der Waals surface area (Å²) < 4.78 is 2.11. The number of carboxylic acid groups (broad SMARTS) is 1. The number of amides is 1. The maximum Gasteiger partial charge on any atom is 0.413 e. The van der Waals surface area contributed by atoms with Crippen LogP contribution in [-0.4, -0.2) is 49.1 Å². The lowest BCUT2D eigenvalue weighted by atomic mass is 9.81. The molecule has 0 aliphatic heterocycles. The Kier molecular flexibility index (Phi) is 7.88. The molecular weight excluding hydrogens is 418 g/mol. The standard InChI is InChI=1S/C25H33N5O3/c1-4-23(27-11-10-25(2,3)33)30(24(31)32)16-20-7-5-6-19(12-20)15-29-17-28-21-9-8-18(14-26)13-22(21)29/h4,8-9,11,13,17,19-20,33H,5-7,10,12,15-16H2,1-3H3,(H,31,32)/b23-4+,27-11-/t19-,20+/m0/s1. The first-order chi connectivity index (χ1) is 15.7. The van der Waals surface area contributed by atoms with Crippen LogP contribution < -0.4 is 0 Å². The highest BCUT2D eigenvalue weighted by molar-refractivity contribution is 5.77. The van der Waals surface area contributed by atoms with E-state index in [-0.39, 0.29) is 5.92 Å². The minimum atomic E-state index is -1.02. The Hall–Kier alpha value is -3.18. The lowest BCUT2D eigenvalue weighted by Crippen LogP contribution is -2.35. The molecule has 1 aromatic carbocycles. The lowest BCUT2D eigenvalue weighted by molar-refractivity contribution is 0.0897. The van der Waals surface area contributed by atoms with E-state index in [2.05, 4.69) is 20.6 Å². The smallest absolute Gasteiger partial charge is 0.413 e. The summed E-state index contributed by atoms with van der Waals surface area (Å²) in [6.07, 6.45) is 8.46. The van der Waals surface area contributed by atoms with Crippen LogP contribution in [0.15, 0.2) is 41.4 Å². The monoisotopic (exact) mass is 451 g/mol. The van der Waals surface area contributed by atoms with Crippen LogP contribution in [0.2, 0.25) is 0 Å². The Bertz CT molecular complexity index is 1070. The third kappa shape index (κ3) is 6.65. The van der Waals surface area contributed by atoms with Gasteiger partial charge in [0.05, 0.1) is 34.6 Å². The number of carbonyl (C=O) groups is 1. The highest BCUT2D eigenvalue weighted by atomic mass is 16.4. The average molecular weight is 452 g/mol. The SMILES string of the molecule is C/C=C(\N=C/CC(C)(C)O)N(C[C@@H]1CCC[C@H](Cn2cnc3ccc(C#N)cc32)C1)C(=O)O. The van der Waals surface area contributed by atoms with Gasteiger partial charge >= 0.3 is 6.09 Å².